The van der Waals surface area contributed by atoms with E-state index in [-0.39, 0.29) is 34.2 Å². The number of hydrogen-bond acceptors (Lipinski definition) is 10. The molecule has 4 aliphatic rings. The number of amides is 2. The van der Waals surface area contributed by atoms with E-state index in [1.807, 2.05) is 21.9 Å². The number of halogens is 1. The maximum Gasteiger partial charge on any atom is 0.240 e. The summed E-state index contributed by atoms with van der Waals surface area (Å²) in [4.78, 5) is 43.6. The largest absolute Gasteiger partial charge is 0.506 e. The van der Waals surface area contributed by atoms with Gasteiger partial charge in [-0.25, -0.2) is 9.97 Å². The molecule has 0 aliphatic carbocycles. The van der Waals surface area contributed by atoms with Crippen LogP contribution >= 0.6 is 15.9 Å². The van der Waals surface area contributed by atoms with E-state index in [0.29, 0.717) is 6.54 Å². The van der Waals surface area contributed by atoms with Crippen LogP contribution in [0.25, 0.3) is 0 Å². The van der Waals surface area contributed by atoms with Crippen molar-refractivity contribution in [2.24, 2.45) is 0 Å². The zero-order valence-electron chi connectivity index (χ0n) is 31.9. The van der Waals surface area contributed by atoms with Crippen molar-refractivity contribution in [2.75, 3.05) is 75.2 Å². The minimum atomic E-state index is 0.00498. The fraction of sp³-hybridized carbons (Fsp3) is 0.429. The number of carbonyl (C=O) groups is 2. The van der Waals surface area contributed by atoms with Gasteiger partial charge in [0, 0.05) is 78.5 Å². The Kier molecular flexibility index (Phi) is 14.0. The maximum absolute atomic E-state index is 12.9. The second kappa shape index (κ2) is 19.2. The van der Waals surface area contributed by atoms with Crippen molar-refractivity contribution in [1.82, 2.24) is 30.0 Å². The summed E-state index contributed by atoms with van der Waals surface area (Å²) >= 11 is 3.38. The van der Waals surface area contributed by atoms with Crippen LogP contribution in [0.3, 0.4) is 0 Å². The first kappa shape index (κ1) is 40.0. The van der Waals surface area contributed by atoms with E-state index >= 15 is 0 Å². The van der Waals surface area contributed by atoms with Gasteiger partial charge in [-0.2, -0.15) is 0 Å². The Labute approximate surface area is 332 Å². The Morgan fingerprint density at radius 1 is 0.618 bits per heavy atom. The number of likely N-dealkylation sites (tertiary alicyclic amines) is 2. The van der Waals surface area contributed by atoms with E-state index in [9.17, 15) is 14.7 Å². The van der Waals surface area contributed by atoms with Crippen LogP contribution < -0.4 is 15.1 Å². The summed E-state index contributed by atoms with van der Waals surface area (Å²) in [6.45, 7) is 14.7. The Morgan fingerprint density at radius 2 is 1.09 bits per heavy atom. The molecule has 8 rings (SSSR count). The molecule has 6 heterocycles. The molecule has 2 unspecified atom stereocenters. The molecule has 4 fully saturated rings. The summed E-state index contributed by atoms with van der Waals surface area (Å²) in [5.41, 5.74) is 4.89. The predicted octanol–water partition coefficient (Wildman–Crippen LogP) is 4.71. The lowest BCUT2D eigenvalue weighted by Crippen LogP contribution is -2.52. The highest BCUT2D eigenvalue weighted by molar-refractivity contribution is 9.10. The molecule has 292 valence electrons. The first-order valence-corrected chi connectivity index (χ1v) is 20.1. The summed E-state index contributed by atoms with van der Waals surface area (Å²) in [7, 11) is 0. The Morgan fingerprint density at radius 3 is 1.55 bits per heavy atom. The highest BCUT2D eigenvalue weighted by Crippen LogP contribution is 2.24. The minimum absolute atomic E-state index is 0.00498. The number of piperazine rings is 2. The minimum Gasteiger partial charge on any atom is -0.506 e. The van der Waals surface area contributed by atoms with Crippen molar-refractivity contribution < 1.29 is 19.8 Å². The summed E-state index contributed by atoms with van der Waals surface area (Å²) in [6.07, 6.45) is 4.79. The van der Waals surface area contributed by atoms with Crippen LogP contribution in [0, 0.1) is 13.8 Å². The molecule has 4 aliphatic heterocycles. The van der Waals surface area contributed by atoms with Crippen LogP contribution in [-0.2, 0) is 22.7 Å². The molecule has 0 radical (unpaired) electrons. The number of carbonyl (C=O) groups excluding carboxylic acids is 2. The van der Waals surface area contributed by atoms with Crippen LogP contribution in [0.4, 0.5) is 11.6 Å². The molecule has 2 amide bonds. The number of aromatic nitrogens is 2. The van der Waals surface area contributed by atoms with E-state index < -0.39 is 0 Å². The molecule has 55 heavy (non-hydrogen) atoms. The SMILES string of the molecule is Cc1ccc(CN2CCC(Br)C2=O)cc1.Cc1ccc(CN2CCC(N3CCN(c4ccc(O)cn4)CC3)C2=O)cc1.Oc1ccc(N2CCNCC2)nc1. The average Bonchev–Trinajstić information content (AvgIpc) is 3.73. The van der Waals surface area contributed by atoms with Crippen LogP contribution in [0.15, 0.2) is 85.2 Å². The van der Waals surface area contributed by atoms with Crippen LogP contribution in [-0.4, -0.2) is 123 Å². The van der Waals surface area contributed by atoms with Gasteiger partial charge < -0.3 is 35.1 Å². The Hall–Kier alpha value is -4.72. The Balaban J connectivity index is 0.000000155. The third-order valence-corrected chi connectivity index (χ3v) is 11.3. The van der Waals surface area contributed by atoms with Gasteiger partial charge in [0.2, 0.25) is 11.8 Å². The van der Waals surface area contributed by atoms with Crippen molar-refractivity contribution in [3.63, 3.8) is 0 Å². The van der Waals surface area contributed by atoms with Crippen molar-refractivity contribution in [3.05, 3.63) is 107 Å². The quantitative estimate of drug-likeness (QED) is 0.226. The zero-order valence-corrected chi connectivity index (χ0v) is 33.4. The third-order valence-electron chi connectivity index (χ3n) is 10.5. The van der Waals surface area contributed by atoms with Gasteiger partial charge in [-0.3, -0.25) is 14.5 Å². The normalized spacial score (nSPS) is 20.2. The van der Waals surface area contributed by atoms with Crippen LogP contribution in [0.5, 0.6) is 11.5 Å². The van der Waals surface area contributed by atoms with Crippen molar-refractivity contribution in [1.29, 1.82) is 0 Å². The van der Waals surface area contributed by atoms with Crippen LogP contribution in [0.2, 0.25) is 0 Å². The van der Waals surface area contributed by atoms with Gasteiger partial charge in [-0.15, -0.1) is 0 Å². The summed E-state index contributed by atoms with van der Waals surface area (Å²) < 4.78 is 0. The van der Waals surface area contributed by atoms with Crippen LogP contribution in [0.1, 0.15) is 35.1 Å². The number of hydrogen-bond donors (Lipinski definition) is 3. The second-order valence-corrected chi connectivity index (χ2v) is 15.7. The number of benzene rings is 2. The van der Waals surface area contributed by atoms with Crippen molar-refractivity contribution in [2.45, 2.75) is 50.6 Å². The molecule has 4 aromatic rings. The molecular weight excluding hydrogens is 760 g/mol. The van der Waals surface area contributed by atoms with E-state index in [4.69, 9.17) is 5.11 Å². The van der Waals surface area contributed by atoms with Gasteiger partial charge >= 0.3 is 0 Å². The average molecular weight is 814 g/mol. The molecule has 0 bridgehead atoms. The lowest BCUT2D eigenvalue weighted by Gasteiger charge is -2.37. The number of rotatable bonds is 7. The molecule has 0 saturated carbocycles. The molecule has 2 aromatic heterocycles. The molecule has 3 N–H and O–H groups in total. The first-order valence-electron chi connectivity index (χ1n) is 19.2. The van der Waals surface area contributed by atoms with Gasteiger partial charge in [0.15, 0.2) is 0 Å². The highest BCUT2D eigenvalue weighted by Gasteiger charge is 2.37. The molecule has 4 saturated heterocycles. The zero-order chi connectivity index (χ0) is 38.7. The molecule has 12 nitrogen and oxygen atoms in total. The van der Waals surface area contributed by atoms with Gasteiger partial charge in [-0.1, -0.05) is 75.6 Å². The number of nitrogens with one attached hydrogen (secondary N) is 1. The number of nitrogens with zero attached hydrogens (tertiary/aromatic N) is 7. The van der Waals surface area contributed by atoms with Crippen molar-refractivity contribution in [3.8, 4) is 11.5 Å². The van der Waals surface area contributed by atoms with E-state index in [0.717, 1.165) is 96.5 Å². The fourth-order valence-corrected chi connectivity index (χ4v) is 7.69. The molecule has 2 aromatic carbocycles. The van der Waals surface area contributed by atoms with E-state index in [1.54, 1.807) is 12.1 Å². The monoisotopic (exact) mass is 812 g/mol. The lowest BCUT2D eigenvalue weighted by atomic mass is 10.1. The van der Waals surface area contributed by atoms with Crippen molar-refractivity contribution >= 4 is 39.4 Å². The van der Waals surface area contributed by atoms with Gasteiger partial charge in [0.25, 0.3) is 0 Å². The molecular formula is C42H53BrN8O4. The number of alkyl halides is 1. The molecule has 0 spiro atoms. The number of aromatic hydroxyl groups is 2. The summed E-state index contributed by atoms with van der Waals surface area (Å²) in [5.74, 6) is 2.70. The van der Waals surface area contributed by atoms with Gasteiger partial charge in [-0.05, 0) is 62.1 Å². The molecule has 2 atom stereocenters. The lowest BCUT2D eigenvalue weighted by molar-refractivity contribution is -0.132. The number of pyridine rings is 2. The predicted molar refractivity (Wildman–Crippen MR) is 220 cm³/mol. The Bertz CT molecular complexity index is 1810. The summed E-state index contributed by atoms with van der Waals surface area (Å²) in [5, 5.41) is 21.7. The third kappa shape index (κ3) is 11.2. The topological polar surface area (TPSA) is 129 Å². The van der Waals surface area contributed by atoms with Gasteiger partial charge in [0.05, 0.1) is 23.3 Å². The molecule has 13 heteroatoms. The maximum atomic E-state index is 12.9. The highest BCUT2D eigenvalue weighted by atomic mass is 79.9. The first-order chi connectivity index (χ1) is 26.6. The second-order valence-electron chi connectivity index (χ2n) is 14.6. The van der Waals surface area contributed by atoms with E-state index in [2.05, 4.69) is 108 Å². The standard InChI is InChI=1S/C21H26N4O2.C12H14BrNO.C9H13N3O/c1-16-2-4-17(5-3-16)15-25-9-8-19(21(25)27)23-10-12-24(13-11-23)20-7-6-18(26)14-22-20;1-9-2-4-10(5-3-9)8-14-7-6-11(13)12(14)15;13-8-1-2-9(11-7-8)12-5-3-10-4-6-12/h2-7,14,19,26H,8-13,15H2,1H3;2-5,11H,6-8H2,1H3;1-2,7,10,13H,3-6H2. The van der Waals surface area contributed by atoms with Gasteiger partial charge in [0.1, 0.15) is 23.1 Å². The fourth-order valence-electron chi connectivity index (χ4n) is 7.19. The number of aryl methyl sites for hydroxylation is 2. The number of anilines is 2. The summed E-state index contributed by atoms with van der Waals surface area (Å²) in [6, 6.07) is 23.8. The smallest absolute Gasteiger partial charge is 0.240 e. The van der Waals surface area contributed by atoms with E-state index in [1.165, 1.54) is 34.6 Å².